The van der Waals surface area contributed by atoms with Crippen LogP contribution in [0.1, 0.15) is 18.5 Å². The molecule has 0 heterocycles. The topological polar surface area (TPSA) is 0 Å². The maximum absolute atomic E-state index is 5.00. The highest BCUT2D eigenvalue weighted by atomic mass is 14.4. The van der Waals surface area contributed by atoms with Crippen LogP contribution in [0.4, 0.5) is 0 Å². The molecule has 2 aliphatic rings. The molecule has 12 aromatic rings. The molecule has 14 rings (SSSR count). The summed E-state index contributed by atoms with van der Waals surface area (Å²) in [4.78, 5) is 0. The molecule has 0 atom stereocenters. The van der Waals surface area contributed by atoms with Crippen LogP contribution >= 0.6 is 0 Å². The third-order valence-corrected chi connectivity index (χ3v) is 14.1. The summed E-state index contributed by atoms with van der Waals surface area (Å²) >= 11 is 0. The van der Waals surface area contributed by atoms with Crippen LogP contribution in [0.2, 0.25) is 0 Å². The molecule has 0 radical (unpaired) electrons. The van der Waals surface area contributed by atoms with Crippen molar-refractivity contribution < 1.29 is 7.37 Å². The predicted molar refractivity (Wildman–Crippen MR) is 265 cm³/mol. The van der Waals surface area contributed by atoms with Gasteiger partial charge in [0.25, 0.3) is 0 Å². The van der Waals surface area contributed by atoms with Gasteiger partial charge in [-0.15, -0.1) is 0 Å². The van der Waals surface area contributed by atoms with Gasteiger partial charge in [-0.1, -0.05) is 158 Å². The Balaban J connectivity index is 0.000000914. The standard InChI is InChI=1S/C60H36.3H2/c1-33-13-3-7-17-38(33)56-48-28-27-42-46(26-25-37-29-50-45-23-11-21-43-40-19-9-5-15-35(40)30-52(54(43)45)51(50)32-49(37)42)57(48)58(39-18-8-4-14-34(39)2)59-47-24-12-22-44-41-20-10-6-16-36(41)31-53(55(44)47)60(56)59;;;/h3-32H,1-2H3;3*1H/i;2*1+1D;1+1. The lowest BCUT2D eigenvalue weighted by molar-refractivity contribution is 1.46. The van der Waals surface area contributed by atoms with Gasteiger partial charge in [0.2, 0.25) is 0 Å². The molecular weight excluding hydrogens is 721 g/mol. The zero-order valence-corrected chi connectivity index (χ0v) is 33.3. The molecule has 0 unspecified atom stereocenters. The normalized spacial score (nSPS) is 12.8. The monoisotopic (exact) mass is 767 g/mol. The van der Waals surface area contributed by atoms with Gasteiger partial charge >= 0.3 is 0 Å². The van der Waals surface area contributed by atoms with E-state index in [4.69, 9.17) is 5.94 Å². The molecule has 282 valence electrons. The molecule has 0 spiro atoms. The Kier molecular flexibility index (Phi) is 5.88. The van der Waals surface area contributed by atoms with Gasteiger partial charge in [-0.05, 0) is 191 Å². The minimum atomic E-state index is 0. The van der Waals surface area contributed by atoms with E-state index in [2.05, 4.69) is 196 Å². The number of hydrogen-bond acceptors (Lipinski definition) is 0. The molecule has 0 N–H and O–H groups in total. The largest absolute Gasteiger partial charge is 0.0620 e. The van der Waals surface area contributed by atoms with Crippen molar-refractivity contribution in [1.29, 1.82) is 0 Å². The second-order valence-electron chi connectivity index (χ2n) is 17.1. The van der Waals surface area contributed by atoms with Crippen LogP contribution in [0.25, 0.3) is 142 Å². The van der Waals surface area contributed by atoms with Crippen molar-refractivity contribution >= 4 is 75.4 Å². The van der Waals surface area contributed by atoms with Gasteiger partial charge in [-0.2, -0.15) is 0 Å². The first kappa shape index (κ1) is 30.5. The first-order valence-electron chi connectivity index (χ1n) is 23.2. The Morgan fingerprint density at radius 3 is 1.43 bits per heavy atom. The zero-order valence-electron chi connectivity index (χ0n) is 37.3. The molecule has 0 saturated carbocycles. The van der Waals surface area contributed by atoms with Gasteiger partial charge in [0.15, 0.2) is 0 Å². The van der Waals surface area contributed by atoms with Gasteiger partial charge in [-0.25, -0.2) is 0 Å². The maximum atomic E-state index is 5.00. The van der Waals surface area contributed by atoms with Crippen molar-refractivity contribution in [3.8, 4) is 66.8 Å². The molecule has 0 aromatic heterocycles. The smallest absolute Gasteiger partial charge is 0 e. The van der Waals surface area contributed by atoms with Crippen molar-refractivity contribution in [2.45, 2.75) is 13.8 Å². The molecule has 0 nitrogen and oxygen atoms in total. The van der Waals surface area contributed by atoms with Gasteiger partial charge in [-0.3, -0.25) is 0 Å². The van der Waals surface area contributed by atoms with Gasteiger partial charge < -0.3 is 0 Å². The molecule has 0 aliphatic heterocycles. The second-order valence-corrected chi connectivity index (χ2v) is 17.1. The summed E-state index contributed by atoms with van der Waals surface area (Å²) in [6.07, 6.45) is 0. The Morgan fingerprint density at radius 2 is 0.717 bits per heavy atom. The number of rotatable bonds is 2. The molecule has 0 bridgehead atoms. The Hall–Kier alpha value is -7.54. The van der Waals surface area contributed by atoms with Crippen molar-refractivity contribution in [2.24, 2.45) is 0 Å². The van der Waals surface area contributed by atoms with E-state index in [0.29, 0.717) is 0 Å². The summed E-state index contributed by atoms with van der Waals surface area (Å²) < 4.78 is 20.0. The average molecular weight is 768 g/mol. The molecule has 0 saturated heterocycles. The molecular formula is C60H42. The van der Waals surface area contributed by atoms with Crippen LogP contribution < -0.4 is 0 Å². The highest BCUT2D eigenvalue weighted by Crippen LogP contribution is 2.60. The Morgan fingerprint density at radius 1 is 0.250 bits per heavy atom. The summed E-state index contributed by atoms with van der Waals surface area (Å²) in [5.41, 5.74) is 18.5. The first-order chi connectivity index (χ1) is 31.6. The lowest BCUT2D eigenvalue weighted by Crippen LogP contribution is -1.97. The Bertz CT molecular complexity index is 3980. The quantitative estimate of drug-likeness (QED) is 0.154. The number of fused-ring (bicyclic) bond motifs is 15. The van der Waals surface area contributed by atoms with Gasteiger partial charge in [0, 0.05) is 7.37 Å². The molecule has 0 amide bonds. The number of hydrogen-bond donors (Lipinski definition) is 0. The fourth-order valence-electron chi connectivity index (χ4n) is 11.6. The van der Waals surface area contributed by atoms with Crippen LogP contribution in [0.5, 0.6) is 0 Å². The molecule has 0 fully saturated rings. The van der Waals surface area contributed by atoms with Crippen LogP contribution in [-0.4, -0.2) is 0 Å². The van der Waals surface area contributed by atoms with E-state index in [0.717, 1.165) is 0 Å². The third-order valence-electron chi connectivity index (χ3n) is 14.1. The average Bonchev–Trinajstić information content (AvgIpc) is 3.84. The molecule has 12 aromatic carbocycles. The summed E-state index contributed by atoms with van der Waals surface area (Å²) in [6.45, 7) is 4.56. The van der Waals surface area contributed by atoms with E-state index in [1.807, 2.05) is 0 Å². The molecule has 60 heavy (non-hydrogen) atoms. The summed E-state index contributed by atoms with van der Waals surface area (Å²) in [5, 5.41) is 18.4. The van der Waals surface area contributed by atoms with Gasteiger partial charge in [0.1, 0.15) is 0 Å². The summed E-state index contributed by atoms with van der Waals surface area (Å²) in [5.74, 6) is 0. The van der Waals surface area contributed by atoms with E-state index >= 15 is 0 Å². The number of aryl methyl sites for hydroxylation is 2. The summed E-state index contributed by atoms with van der Waals surface area (Å²) in [6, 6.07) is 69.2. The van der Waals surface area contributed by atoms with E-state index in [1.54, 1.807) is 0 Å². The van der Waals surface area contributed by atoms with Crippen molar-refractivity contribution in [1.82, 2.24) is 0 Å². The number of benzene rings is 12. The lowest BCUT2D eigenvalue weighted by Gasteiger charge is -2.23. The second kappa shape index (κ2) is 11.6. The van der Waals surface area contributed by atoms with E-state index in [1.165, 1.54) is 153 Å². The van der Waals surface area contributed by atoms with Gasteiger partial charge in [0.05, 0.1) is 0 Å². The first-order valence-corrected chi connectivity index (χ1v) is 21.2. The van der Waals surface area contributed by atoms with Crippen LogP contribution in [0.15, 0.2) is 182 Å². The van der Waals surface area contributed by atoms with Crippen molar-refractivity contribution in [2.75, 3.05) is 0 Å². The highest BCUT2D eigenvalue weighted by molar-refractivity contribution is 6.35. The minimum absolute atomic E-state index is 0. The molecule has 0 heteroatoms. The zero-order chi connectivity index (χ0) is 43.4. The maximum Gasteiger partial charge on any atom is 0 e. The van der Waals surface area contributed by atoms with E-state index in [-0.39, 0.29) is 1.43 Å². The predicted octanol–water partition coefficient (Wildman–Crippen LogP) is 17.7. The van der Waals surface area contributed by atoms with Crippen molar-refractivity contribution in [3.05, 3.63) is 193 Å². The molecule has 2 aliphatic carbocycles. The minimum Gasteiger partial charge on any atom is -0.0620 e. The Labute approximate surface area is 355 Å². The van der Waals surface area contributed by atoms with Crippen molar-refractivity contribution in [3.63, 3.8) is 0 Å². The van der Waals surface area contributed by atoms with Crippen LogP contribution in [0.3, 0.4) is 0 Å². The third kappa shape index (κ3) is 4.06. The fourth-order valence-corrected chi connectivity index (χ4v) is 11.6. The highest BCUT2D eigenvalue weighted by Gasteiger charge is 2.33. The van der Waals surface area contributed by atoms with Crippen LogP contribution in [-0.2, 0) is 0 Å². The van der Waals surface area contributed by atoms with Crippen LogP contribution in [0, 0.1) is 13.8 Å². The fraction of sp³-hybridized carbons (Fsp3) is 0.0333. The lowest BCUT2D eigenvalue weighted by atomic mass is 9.79. The summed E-state index contributed by atoms with van der Waals surface area (Å²) in [7, 11) is 0. The van der Waals surface area contributed by atoms with E-state index < -0.39 is 0 Å². The van der Waals surface area contributed by atoms with E-state index in [9.17, 15) is 0 Å². The SMILES string of the molecule is Cc1ccccc1-c1c2c(c(-c3ccccc3C)c3c1ccc1c4cc5c(cc4ccc13)-c1cccc3c1c-5cc1ccccc13)-c1cccc3c1c-2cc1ccccc13.[2HH].[2H][2H].[2H][2H].